The average Bonchev–Trinajstić information content (AvgIpc) is 2.95. The number of carbonyl (C=O) groups is 1. The van der Waals surface area contributed by atoms with Gasteiger partial charge in [0.05, 0.1) is 6.04 Å². The molecular formula is C17H22N6O. The summed E-state index contributed by atoms with van der Waals surface area (Å²) < 4.78 is 0. The molecule has 3 rings (SSSR count). The third-order valence-corrected chi connectivity index (χ3v) is 4.05. The van der Waals surface area contributed by atoms with Crippen LogP contribution in [0.2, 0.25) is 0 Å². The fourth-order valence-corrected chi connectivity index (χ4v) is 3.11. The number of aromatic nitrogens is 4. The van der Waals surface area contributed by atoms with Gasteiger partial charge in [0.2, 0.25) is 11.9 Å². The van der Waals surface area contributed by atoms with Crippen molar-refractivity contribution in [2.24, 2.45) is 0 Å². The van der Waals surface area contributed by atoms with E-state index in [4.69, 9.17) is 0 Å². The van der Waals surface area contributed by atoms with E-state index in [0.29, 0.717) is 17.6 Å². The first-order chi connectivity index (χ1) is 11.4. The minimum absolute atomic E-state index is 0.0527. The van der Waals surface area contributed by atoms with Crippen LogP contribution in [0.3, 0.4) is 0 Å². The fraction of sp³-hybridized carbons (Fsp3) is 0.471. The third-order valence-electron chi connectivity index (χ3n) is 4.05. The number of hydrogen-bond acceptors (Lipinski definition) is 6. The predicted octanol–water partition coefficient (Wildman–Crippen LogP) is 2.62. The van der Waals surface area contributed by atoms with E-state index in [1.165, 1.54) is 0 Å². The highest BCUT2D eigenvalue weighted by atomic mass is 16.2. The molecule has 1 saturated heterocycles. The Hall–Kier alpha value is -2.57. The van der Waals surface area contributed by atoms with E-state index >= 15 is 0 Å². The van der Waals surface area contributed by atoms with Crippen molar-refractivity contribution in [1.29, 1.82) is 0 Å². The summed E-state index contributed by atoms with van der Waals surface area (Å²) in [5.41, 5.74) is 2.64. The van der Waals surface area contributed by atoms with E-state index in [1.54, 1.807) is 6.92 Å². The molecular weight excluding hydrogens is 304 g/mol. The molecule has 1 aliphatic heterocycles. The molecule has 1 aliphatic rings. The van der Waals surface area contributed by atoms with Gasteiger partial charge in [-0.1, -0.05) is 0 Å². The van der Waals surface area contributed by atoms with Crippen LogP contribution in [-0.2, 0) is 4.79 Å². The molecule has 7 nitrogen and oxygen atoms in total. The number of nitrogens with zero attached hydrogens (tertiary/aromatic N) is 5. The first-order valence-corrected chi connectivity index (χ1v) is 8.14. The molecule has 2 aromatic rings. The van der Waals surface area contributed by atoms with Crippen molar-refractivity contribution in [3.05, 3.63) is 35.0 Å². The summed E-state index contributed by atoms with van der Waals surface area (Å²) in [6.07, 6.45) is 1.87. The number of likely N-dealkylation sites (tertiary alicyclic amines) is 1. The van der Waals surface area contributed by atoms with Crippen molar-refractivity contribution < 1.29 is 4.79 Å². The number of amides is 1. The van der Waals surface area contributed by atoms with E-state index < -0.39 is 0 Å². The maximum absolute atomic E-state index is 11.8. The van der Waals surface area contributed by atoms with Crippen molar-refractivity contribution in [3.8, 4) is 0 Å². The van der Waals surface area contributed by atoms with Crippen molar-refractivity contribution in [3.63, 3.8) is 0 Å². The lowest BCUT2D eigenvalue weighted by atomic mass is 10.2. The van der Waals surface area contributed by atoms with Crippen LogP contribution < -0.4 is 5.32 Å². The minimum Gasteiger partial charge on any atom is -0.333 e. The first-order valence-electron chi connectivity index (χ1n) is 8.14. The van der Waals surface area contributed by atoms with Gasteiger partial charge in [-0.2, -0.15) is 0 Å². The molecule has 1 atom stereocenters. The predicted molar refractivity (Wildman–Crippen MR) is 90.9 cm³/mol. The van der Waals surface area contributed by atoms with Crippen LogP contribution in [0.25, 0.3) is 0 Å². The highest BCUT2D eigenvalue weighted by Gasteiger charge is 2.30. The maximum atomic E-state index is 11.8. The van der Waals surface area contributed by atoms with Gasteiger partial charge < -0.3 is 10.2 Å². The highest BCUT2D eigenvalue weighted by molar-refractivity contribution is 5.74. The quantitative estimate of drug-likeness (QED) is 0.933. The minimum atomic E-state index is -0.0527. The van der Waals surface area contributed by atoms with Crippen molar-refractivity contribution in [1.82, 2.24) is 24.8 Å². The molecule has 0 radical (unpaired) electrons. The Labute approximate surface area is 141 Å². The zero-order chi connectivity index (χ0) is 17.3. The lowest BCUT2D eigenvalue weighted by molar-refractivity contribution is -0.129. The molecule has 24 heavy (non-hydrogen) atoms. The SMILES string of the molecule is CC(=O)N1CCCC1c1nc(C)cc(Nc2nc(C)cc(C)n2)n1. The van der Waals surface area contributed by atoms with Crippen LogP contribution in [0.15, 0.2) is 12.1 Å². The topological polar surface area (TPSA) is 83.9 Å². The fourth-order valence-electron chi connectivity index (χ4n) is 3.11. The zero-order valence-corrected chi connectivity index (χ0v) is 14.5. The monoisotopic (exact) mass is 326 g/mol. The van der Waals surface area contributed by atoms with Crippen LogP contribution in [0.5, 0.6) is 0 Å². The summed E-state index contributed by atoms with van der Waals surface area (Å²) in [7, 11) is 0. The second kappa shape index (κ2) is 6.51. The van der Waals surface area contributed by atoms with Crippen LogP contribution in [0.4, 0.5) is 11.8 Å². The Morgan fingerprint density at radius 1 is 1.08 bits per heavy atom. The van der Waals surface area contributed by atoms with Crippen LogP contribution >= 0.6 is 0 Å². The number of nitrogens with one attached hydrogen (secondary N) is 1. The van der Waals surface area contributed by atoms with Crippen LogP contribution in [-0.4, -0.2) is 37.3 Å². The number of aryl methyl sites for hydroxylation is 3. The molecule has 0 spiro atoms. The first kappa shape index (κ1) is 16.3. The highest BCUT2D eigenvalue weighted by Crippen LogP contribution is 2.30. The van der Waals surface area contributed by atoms with Crippen LogP contribution in [0, 0.1) is 20.8 Å². The van der Waals surface area contributed by atoms with Gasteiger partial charge in [-0.25, -0.2) is 19.9 Å². The van der Waals surface area contributed by atoms with Gasteiger partial charge >= 0.3 is 0 Å². The van der Waals surface area contributed by atoms with E-state index in [2.05, 4.69) is 25.3 Å². The molecule has 0 bridgehead atoms. The zero-order valence-electron chi connectivity index (χ0n) is 14.5. The van der Waals surface area contributed by atoms with E-state index in [1.807, 2.05) is 37.8 Å². The van der Waals surface area contributed by atoms with Gasteiger partial charge in [-0.15, -0.1) is 0 Å². The molecule has 0 aromatic carbocycles. The Bertz CT molecular complexity index is 755. The van der Waals surface area contributed by atoms with Gasteiger partial charge in [-0.3, -0.25) is 4.79 Å². The maximum Gasteiger partial charge on any atom is 0.228 e. The van der Waals surface area contributed by atoms with Gasteiger partial charge in [0, 0.05) is 36.6 Å². The third kappa shape index (κ3) is 3.50. The van der Waals surface area contributed by atoms with Crippen molar-refractivity contribution in [2.75, 3.05) is 11.9 Å². The summed E-state index contributed by atoms with van der Waals surface area (Å²) in [6.45, 7) is 8.14. The molecule has 0 saturated carbocycles. The molecule has 126 valence electrons. The molecule has 1 fully saturated rings. The second-order valence-electron chi connectivity index (χ2n) is 6.22. The lowest BCUT2D eigenvalue weighted by Crippen LogP contribution is -2.29. The molecule has 1 N–H and O–H groups in total. The molecule has 3 heterocycles. The standard InChI is InChI=1S/C17H22N6O/c1-10-8-11(2)20-17(19-10)22-15-9-12(3)18-16(21-15)14-6-5-7-23(14)13(4)24/h8-9,14H,5-7H2,1-4H3,(H,18,19,20,21,22). The Morgan fingerprint density at radius 2 is 1.75 bits per heavy atom. The Balaban J connectivity index is 1.90. The second-order valence-corrected chi connectivity index (χ2v) is 6.22. The number of anilines is 2. The Kier molecular flexibility index (Phi) is 4.42. The lowest BCUT2D eigenvalue weighted by Gasteiger charge is -2.22. The average molecular weight is 326 g/mol. The molecule has 1 unspecified atom stereocenters. The smallest absolute Gasteiger partial charge is 0.228 e. The van der Waals surface area contributed by atoms with Gasteiger partial charge in [-0.05, 0) is 39.7 Å². The van der Waals surface area contributed by atoms with Crippen molar-refractivity contribution >= 4 is 17.7 Å². The number of carbonyl (C=O) groups excluding carboxylic acids is 1. The largest absolute Gasteiger partial charge is 0.333 e. The van der Waals surface area contributed by atoms with E-state index in [0.717, 1.165) is 36.5 Å². The molecule has 2 aromatic heterocycles. The number of hydrogen-bond donors (Lipinski definition) is 1. The van der Waals surface area contributed by atoms with Gasteiger partial charge in [0.15, 0.2) is 5.82 Å². The summed E-state index contributed by atoms with van der Waals surface area (Å²) in [5.74, 6) is 1.91. The summed E-state index contributed by atoms with van der Waals surface area (Å²) in [6, 6.07) is 3.73. The van der Waals surface area contributed by atoms with E-state index in [-0.39, 0.29) is 11.9 Å². The van der Waals surface area contributed by atoms with Crippen LogP contribution in [0.1, 0.15) is 48.7 Å². The summed E-state index contributed by atoms with van der Waals surface area (Å²) >= 11 is 0. The van der Waals surface area contributed by atoms with Crippen molar-refractivity contribution in [2.45, 2.75) is 46.6 Å². The molecule has 1 amide bonds. The summed E-state index contributed by atoms with van der Waals surface area (Å²) in [5, 5.41) is 3.16. The van der Waals surface area contributed by atoms with Gasteiger partial charge in [0.25, 0.3) is 0 Å². The normalized spacial score (nSPS) is 17.2. The Morgan fingerprint density at radius 3 is 2.42 bits per heavy atom. The molecule has 7 heteroatoms. The molecule has 0 aliphatic carbocycles. The van der Waals surface area contributed by atoms with Gasteiger partial charge in [0.1, 0.15) is 5.82 Å². The summed E-state index contributed by atoms with van der Waals surface area (Å²) in [4.78, 5) is 31.5. The van der Waals surface area contributed by atoms with E-state index in [9.17, 15) is 4.79 Å². The number of rotatable bonds is 3.